The summed E-state index contributed by atoms with van der Waals surface area (Å²) in [5.41, 5.74) is 3.67. The monoisotopic (exact) mass is 270 g/mol. The lowest BCUT2D eigenvalue weighted by molar-refractivity contribution is 0.0689. The number of hydrogen-bond donors (Lipinski definition) is 1. The van der Waals surface area contributed by atoms with Crippen molar-refractivity contribution in [1.29, 1.82) is 0 Å². The van der Waals surface area contributed by atoms with Crippen LogP contribution >= 0.6 is 0 Å². The normalized spacial score (nSPS) is 14.4. The van der Waals surface area contributed by atoms with Crippen LogP contribution in [-0.4, -0.2) is 20.9 Å². The molecule has 0 atom stereocenters. The van der Waals surface area contributed by atoms with E-state index in [1.54, 1.807) is 6.07 Å². The minimum Gasteiger partial charge on any atom is -0.476 e. The van der Waals surface area contributed by atoms with Gasteiger partial charge in [-0.2, -0.15) is 5.10 Å². The van der Waals surface area contributed by atoms with Gasteiger partial charge in [-0.1, -0.05) is 31.2 Å². The Morgan fingerprint density at radius 1 is 1.30 bits per heavy atom. The Morgan fingerprint density at radius 3 is 2.50 bits per heavy atom. The fraction of sp³-hybridized carbons (Fsp3) is 0.375. The first-order chi connectivity index (χ1) is 9.67. The summed E-state index contributed by atoms with van der Waals surface area (Å²) in [7, 11) is 0. The van der Waals surface area contributed by atoms with Gasteiger partial charge >= 0.3 is 5.97 Å². The molecule has 1 aliphatic carbocycles. The number of benzene rings is 1. The molecule has 1 fully saturated rings. The summed E-state index contributed by atoms with van der Waals surface area (Å²) in [6.45, 7) is 2.77. The van der Waals surface area contributed by atoms with Crippen molar-refractivity contribution in [3.63, 3.8) is 0 Å². The molecular formula is C16H18N2O2. The molecule has 0 aliphatic heterocycles. The smallest absolute Gasteiger partial charge is 0.356 e. The standard InChI is InChI=1S/C16H18N2O2/c1-2-11-3-5-12(6-4-11)10-18-15(13-7-8-13)9-14(17-18)16(19)20/h3-6,9,13H,2,7-8,10H2,1H3,(H,19,20). The van der Waals surface area contributed by atoms with E-state index in [0.29, 0.717) is 12.5 Å². The van der Waals surface area contributed by atoms with Crippen LogP contribution in [0.5, 0.6) is 0 Å². The highest BCUT2D eigenvalue weighted by molar-refractivity contribution is 5.85. The number of aromatic nitrogens is 2. The zero-order valence-electron chi connectivity index (χ0n) is 11.5. The minimum absolute atomic E-state index is 0.150. The predicted molar refractivity (Wildman–Crippen MR) is 76.1 cm³/mol. The highest BCUT2D eigenvalue weighted by Gasteiger charge is 2.29. The van der Waals surface area contributed by atoms with Crippen molar-refractivity contribution in [3.8, 4) is 0 Å². The molecule has 1 aromatic carbocycles. The van der Waals surface area contributed by atoms with Crippen molar-refractivity contribution in [2.24, 2.45) is 0 Å². The second-order valence-electron chi connectivity index (χ2n) is 5.36. The number of nitrogens with zero attached hydrogens (tertiary/aromatic N) is 2. The molecule has 0 unspecified atom stereocenters. The maximum absolute atomic E-state index is 11.1. The maximum Gasteiger partial charge on any atom is 0.356 e. The molecule has 1 N–H and O–H groups in total. The molecule has 0 spiro atoms. The van der Waals surface area contributed by atoms with Crippen molar-refractivity contribution in [2.45, 2.75) is 38.6 Å². The first-order valence-electron chi connectivity index (χ1n) is 7.06. The van der Waals surface area contributed by atoms with Crippen LogP contribution < -0.4 is 0 Å². The Labute approximate surface area is 118 Å². The molecule has 3 rings (SSSR count). The Kier molecular flexibility index (Phi) is 3.30. The summed E-state index contributed by atoms with van der Waals surface area (Å²) >= 11 is 0. The van der Waals surface area contributed by atoms with E-state index in [-0.39, 0.29) is 5.69 Å². The van der Waals surface area contributed by atoms with Crippen molar-refractivity contribution in [3.05, 3.63) is 52.8 Å². The second kappa shape index (κ2) is 5.12. The van der Waals surface area contributed by atoms with E-state index in [1.807, 2.05) is 4.68 Å². The van der Waals surface area contributed by atoms with Crippen molar-refractivity contribution in [2.75, 3.05) is 0 Å². The Morgan fingerprint density at radius 2 is 1.95 bits per heavy atom. The molecule has 0 saturated heterocycles. The average Bonchev–Trinajstić information content (AvgIpc) is 3.21. The summed E-state index contributed by atoms with van der Waals surface area (Å²) in [5, 5.41) is 13.3. The second-order valence-corrected chi connectivity index (χ2v) is 5.36. The van der Waals surface area contributed by atoms with Crippen LogP contribution in [0.25, 0.3) is 0 Å². The lowest BCUT2D eigenvalue weighted by Crippen LogP contribution is -2.07. The third-order valence-corrected chi connectivity index (χ3v) is 3.79. The number of aromatic carboxylic acids is 1. The van der Waals surface area contributed by atoms with E-state index in [0.717, 1.165) is 30.5 Å². The predicted octanol–water partition coefficient (Wildman–Crippen LogP) is 3.07. The van der Waals surface area contributed by atoms with Crippen LogP contribution in [0.3, 0.4) is 0 Å². The van der Waals surface area contributed by atoms with E-state index in [4.69, 9.17) is 5.11 Å². The molecule has 0 bridgehead atoms. The largest absolute Gasteiger partial charge is 0.476 e. The number of hydrogen-bond acceptors (Lipinski definition) is 2. The molecular weight excluding hydrogens is 252 g/mol. The van der Waals surface area contributed by atoms with Crippen molar-refractivity contribution >= 4 is 5.97 Å². The van der Waals surface area contributed by atoms with Crippen LogP contribution in [0.15, 0.2) is 30.3 Å². The number of carboxylic acid groups (broad SMARTS) is 1. The van der Waals surface area contributed by atoms with Gasteiger partial charge in [-0.25, -0.2) is 4.79 Å². The molecule has 0 radical (unpaired) electrons. The van der Waals surface area contributed by atoms with Crippen LogP contribution in [0, 0.1) is 0 Å². The van der Waals surface area contributed by atoms with Crippen LogP contribution in [0.1, 0.15) is 53.0 Å². The van der Waals surface area contributed by atoms with E-state index in [1.165, 1.54) is 5.56 Å². The summed E-state index contributed by atoms with van der Waals surface area (Å²) < 4.78 is 1.85. The van der Waals surface area contributed by atoms with Crippen LogP contribution in [0.2, 0.25) is 0 Å². The van der Waals surface area contributed by atoms with Gasteiger partial charge in [-0.3, -0.25) is 4.68 Å². The van der Waals surface area contributed by atoms with E-state index < -0.39 is 5.97 Å². The Hall–Kier alpha value is -2.10. The van der Waals surface area contributed by atoms with Gasteiger partial charge < -0.3 is 5.11 Å². The van der Waals surface area contributed by atoms with E-state index >= 15 is 0 Å². The topological polar surface area (TPSA) is 55.1 Å². The van der Waals surface area contributed by atoms with Gasteiger partial charge in [0, 0.05) is 11.6 Å². The number of rotatable bonds is 5. The van der Waals surface area contributed by atoms with Crippen molar-refractivity contribution in [1.82, 2.24) is 9.78 Å². The third-order valence-electron chi connectivity index (χ3n) is 3.79. The number of carboxylic acids is 1. The summed E-state index contributed by atoms with van der Waals surface area (Å²) in [5.74, 6) is -0.461. The quantitative estimate of drug-likeness (QED) is 0.908. The molecule has 20 heavy (non-hydrogen) atoms. The van der Waals surface area contributed by atoms with Gasteiger partial charge in [0.05, 0.1) is 6.54 Å². The maximum atomic E-state index is 11.1. The molecule has 1 saturated carbocycles. The lowest BCUT2D eigenvalue weighted by atomic mass is 10.1. The Bertz CT molecular complexity index is 624. The molecule has 0 amide bonds. The SMILES string of the molecule is CCc1ccc(Cn2nc(C(=O)O)cc2C2CC2)cc1. The highest BCUT2D eigenvalue weighted by atomic mass is 16.4. The Balaban J connectivity index is 1.86. The van der Waals surface area contributed by atoms with Gasteiger partial charge in [-0.15, -0.1) is 0 Å². The molecule has 104 valence electrons. The third kappa shape index (κ3) is 2.59. The van der Waals surface area contributed by atoms with Gasteiger partial charge in [-0.05, 0) is 36.5 Å². The average molecular weight is 270 g/mol. The molecule has 1 aromatic heterocycles. The van der Waals surface area contributed by atoms with Crippen LogP contribution in [-0.2, 0) is 13.0 Å². The molecule has 4 nitrogen and oxygen atoms in total. The lowest BCUT2D eigenvalue weighted by Gasteiger charge is -2.07. The van der Waals surface area contributed by atoms with Gasteiger partial charge in [0.2, 0.25) is 0 Å². The number of aryl methyl sites for hydroxylation is 1. The first-order valence-corrected chi connectivity index (χ1v) is 7.06. The summed E-state index contributed by atoms with van der Waals surface area (Å²) in [4.78, 5) is 11.1. The minimum atomic E-state index is -0.952. The van der Waals surface area contributed by atoms with E-state index in [2.05, 4.69) is 36.3 Å². The van der Waals surface area contributed by atoms with Crippen LogP contribution in [0.4, 0.5) is 0 Å². The highest BCUT2D eigenvalue weighted by Crippen LogP contribution is 2.40. The zero-order valence-corrected chi connectivity index (χ0v) is 11.5. The van der Waals surface area contributed by atoms with E-state index in [9.17, 15) is 4.79 Å². The van der Waals surface area contributed by atoms with Gasteiger partial charge in [0.25, 0.3) is 0 Å². The summed E-state index contributed by atoms with van der Waals surface area (Å²) in [6, 6.07) is 10.1. The molecule has 4 heteroatoms. The number of carbonyl (C=O) groups is 1. The zero-order chi connectivity index (χ0) is 14.1. The fourth-order valence-corrected chi connectivity index (χ4v) is 2.42. The van der Waals surface area contributed by atoms with Crippen molar-refractivity contribution < 1.29 is 9.90 Å². The van der Waals surface area contributed by atoms with Gasteiger partial charge in [0.1, 0.15) is 0 Å². The molecule has 1 aliphatic rings. The first kappa shape index (κ1) is 12.9. The molecule has 2 aromatic rings. The van der Waals surface area contributed by atoms with Gasteiger partial charge in [0.15, 0.2) is 5.69 Å². The fourth-order valence-electron chi connectivity index (χ4n) is 2.42. The summed E-state index contributed by atoms with van der Waals surface area (Å²) in [6.07, 6.45) is 3.30. The molecule has 1 heterocycles.